The number of ether oxygens (including phenoxy) is 1. The van der Waals surface area contributed by atoms with Gasteiger partial charge in [0.2, 0.25) is 0 Å². The Morgan fingerprint density at radius 2 is 2.24 bits per heavy atom. The van der Waals surface area contributed by atoms with Crippen LogP contribution in [0, 0.1) is 0 Å². The number of H-pyrrole nitrogens is 1. The second-order valence-corrected chi connectivity index (χ2v) is 6.97. The number of aromatic amines is 1. The first-order chi connectivity index (χ1) is 12.1. The number of hydrogen-bond donors (Lipinski definition) is 1. The third kappa shape index (κ3) is 3.14. The molecule has 6 nitrogen and oxygen atoms in total. The highest BCUT2D eigenvalue weighted by atomic mass is 16.5. The molecule has 0 unspecified atom stereocenters. The number of likely N-dealkylation sites (N-methyl/N-ethyl adjacent to an activating group) is 1. The number of rotatable bonds is 4. The highest BCUT2D eigenvalue weighted by molar-refractivity contribution is 5.94. The summed E-state index contributed by atoms with van der Waals surface area (Å²) in [6, 6.07) is 8.16. The molecule has 4 rings (SSSR count). The molecule has 1 amide bonds. The molecule has 1 N–H and O–H groups in total. The number of fused-ring (bicyclic) bond motifs is 1. The van der Waals surface area contributed by atoms with Crippen LogP contribution in [0.2, 0.25) is 0 Å². The van der Waals surface area contributed by atoms with Crippen LogP contribution >= 0.6 is 0 Å². The maximum atomic E-state index is 12.7. The summed E-state index contributed by atoms with van der Waals surface area (Å²) < 4.78 is 5.99. The molecule has 2 aromatic rings. The lowest BCUT2D eigenvalue weighted by molar-refractivity contribution is 0.0171. The fourth-order valence-corrected chi connectivity index (χ4v) is 3.47. The molecule has 0 radical (unpaired) electrons. The highest BCUT2D eigenvalue weighted by Gasteiger charge is 2.36. The van der Waals surface area contributed by atoms with Gasteiger partial charge in [-0.25, -0.2) is 0 Å². The van der Waals surface area contributed by atoms with Crippen molar-refractivity contribution in [1.29, 1.82) is 0 Å². The summed E-state index contributed by atoms with van der Waals surface area (Å²) >= 11 is 0. The van der Waals surface area contributed by atoms with Crippen molar-refractivity contribution in [3.8, 4) is 5.75 Å². The standard InChI is InChI=1S/C19H24N4O2/c1-3-13-5-4-6-14(9-13)25-15-10-23(11-15)19(24)18-16-12-22(2)8-7-17(16)20-21-18/h4-6,9,15H,3,7-8,10-12H2,1-2H3,(H,20,21). The van der Waals surface area contributed by atoms with Crippen molar-refractivity contribution in [2.24, 2.45) is 0 Å². The number of aromatic nitrogens is 2. The van der Waals surface area contributed by atoms with Crippen LogP contribution in [0.1, 0.15) is 34.2 Å². The molecule has 0 bridgehead atoms. The van der Waals surface area contributed by atoms with Crippen LogP contribution < -0.4 is 4.74 Å². The first-order valence-electron chi connectivity index (χ1n) is 8.93. The van der Waals surface area contributed by atoms with Crippen molar-refractivity contribution in [3.05, 3.63) is 46.8 Å². The summed E-state index contributed by atoms with van der Waals surface area (Å²) in [6.45, 7) is 5.15. The van der Waals surface area contributed by atoms with E-state index in [0.29, 0.717) is 18.8 Å². The molecule has 2 aliphatic rings. The summed E-state index contributed by atoms with van der Waals surface area (Å²) in [6.07, 6.45) is 1.98. The van der Waals surface area contributed by atoms with Gasteiger partial charge in [0.15, 0.2) is 5.69 Å². The van der Waals surface area contributed by atoms with Crippen molar-refractivity contribution in [3.63, 3.8) is 0 Å². The SMILES string of the molecule is CCc1cccc(OC2CN(C(=O)c3n[nH]c4c3CN(C)CC4)C2)c1. The smallest absolute Gasteiger partial charge is 0.274 e. The van der Waals surface area contributed by atoms with Crippen LogP contribution in [0.15, 0.2) is 24.3 Å². The van der Waals surface area contributed by atoms with Gasteiger partial charge in [-0.3, -0.25) is 9.89 Å². The third-order valence-corrected chi connectivity index (χ3v) is 5.07. The zero-order chi connectivity index (χ0) is 17.4. The van der Waals surface area contributed by atoms with E-state index in [1.807, 2.05) is 17.0 Å². The van der Waals surface area contributed by atoms with E-state index in [0.717, 1.165) is 42.9 Å². The number of nitrogens with one attached hydrogen (secondary N) is 1. The maximum absolute atomic E-state index is 12.7. The van der Waals surface area contributed by atoms with Gasteiger partial charge in [-0.1, -0.05) is 19.1 Å². The molecule has 0 aliphatic carbocycles. The Morgan fingerprint density at radius 1 is 1.40 bits per heavy atom. The second-order valence-electron chi connectivity index (χ2n) is 6.97. The molecule has 1 saturated heterocycles. The van der Waals surface area contributed by atoms with Gasteiger partial charge in [-0.15, -0.1) is 0 Å². The van der Waals surface area contributed by atoms with Crippen LogP contribution in [0.3, 0.4) is 0 Å². The predicted octanol–water partition coefficient (Wildman–Crippen LogP) is 1.86. The normalized spacial score (nSPS) is 17.9. The van der Waals surface area contributed by atoms with Crippen LogP contribution in [0.5, 0.6) is 5.75 Å². The van der Waals surface area contributed by atoms with Crippen LogP contribution in [-0.4, -0.2) is 58.7 Å². The third-order valence-electron chi connectivity index (χ3n) is 5.07. The molecule has 3 heterocycles. The Labute approximate surface area is 147 Å². The summed E-state index contributed by atoms with van der Waals surface area (Å²) in [5.74, 6) is 0.894. The number of amides is 1. The lowest BCUT2D eigenvalue weighted by Crippen LogP contribution is -2.56. The number of carbonyl (C=O) groups excluding carboxylic acids is 1. The van der Waals surface area contributed by atoms with Crippen LogP contribution in [-0.2, 0) is 19.4 Å². The molecule has 0 saturated carbocycles. The summed E-state index contributed by atoms with van der Waals surface area (Å²) in [5.41, 5.74) is 4.00. The fourth-order valence-electron chi connectivity index (χ4n) is 3.47. The number of likely N-dealkylation sites (tertiary alicyclic amines) is 1. The van der Waals surface area contributed by atoms with Crippen LogP contribution in [0.25, 0.3) is 0 Å². The molecule has 2 aliphatic heterocycles. The summed E-state index contributed by atoms with van der Waals surface area (Å²) in [5, 5.41) is 7.32. The van der Waals surface area contributed by atoms with E-state index < -0.39 is 0 Å². The Kier molecular flexibility index (Phi) is 4.21. The number of nitrogens with zero attached hydrogens (tertiary/aromatic N) is 3. The maximum Gasteiger partial charge on any atom is 0.274 e. The Bertz CT molecular complexity index is 779. The van der Waals surface area contributed by atoms with Gasteiger partial charge in [-0.05, 0) is 31.2 Å². The second kappa shape index (κ2) is 6.52. The molecule has 0 atom stereocenters. The van der Waals surface area contributed by atoms with Crippen molar-refractivity contribution in [1.82, 2.24) is 20.0 Å². The van der Waals surface area contributed by atoms with Crippen molar-refractivity contribution in [2.75, 3.05) is 26.7 Å². The predicted molar refractivity (Wildman–Crippen MR) is 94.8 cm³/mol. The number of aryl methyl sites for hydroxylation is 1. The average Bonchev–Trinajstić information content (AvgIpc) is 3.00. The quantitative estimate of drug-likeness (QED) is 0.923. The van der Waals surface area contributed by atoms with E-state index in [1.54, 1.807) is 0 Å². The van der Waals surface area contributed by atoms with E-state index in [4.69, 9.17) is 4.74 Å². The van der Waals surface area contributed by atoms with Crippen LogP contribution in [0.4, 0.5) is 0 Å². The minimum absolute atomic E-state index is 0.00922. The number of hydrogen-bond acceptors (Lipinski definition) is 4. The topological polar surface area (TPSA) is 61.5 Å². The first-order valence-corrected chi connectivity index (χ1v) is 8.93. The van der Waals surface area contributed by atoms with Gasteiger partial charge >= 0.3 is 0 Å². The Morgan fingerprint density at radius 3 is 3.04 bits per heavy atom. The van der Waals surface area contributed by atoms with Gasteiger partial charge in [-0.2, -0.15) is 5.10 Å². The Hall–Kier alpha value is -2.34. The lowest BCUT2D eigenvalue weighted by Gasteiger charge is -2.38. The van der Waals surface area contributed by atoms with E-state index in [1.165, 1.54) is 5.56 Å². The highest BCUT2D eigenvalue weighted by Crippen LogP contribution is 2.24. The fraction of sp³-hybridized carbons (Fsp3) is 0.474. The van der Waals surface area contributed by atoms with E-state index >= 15 is 0 Å². The van der Waals surface area contributed by atoms with Gasteiger partial charge in [0.25, 0.3) is 5.91 Å². The summed E-state index contributed by atoms with van der Waals surface area (Å²) in [4.78, 5) is 16.8. The van der Waals surface area contributed by atoms with Gasteiger partial charge in [0, 0.05) is 30.8 Å². The lowest BCUT2D eigenvalue weighted by atomic mass is 10.0. The molecule has 1 aromatic carbocycles. The Balaban J connectivity index is 1.37. The first kappa shape index (κ1) is 16.1. The minimum atomic E-state index is 0.00922. The average molecular weight is 340 g/mol. The summed E-state index contributed by atoms with van der Waals surface area (Å²) in [7, 11) is 2.07. The minimum Gasteiger partial charge on any atom is -0.487 e. The zero-order valence-corrected chi connectivity index (χ0v) is 14.8. The monoisotopic (exact) mass is 340 g/mol. The molecule has 0 spiro atoms. The molecular weight excluding hydrogens is 316 g/mol. The molecular formula is C19H24N4O2. The molecule has 1 fully saturated rings. The molecule has 132 valence electrons. The number of carbonyl (C=O) groups is 1. The molecule has 1 aromatic heterocycles. The zero-order valence-electron chi connectivity index (χ0n) is 14.8. The number of benzene rings is 1. The van der Waals surface area contributed by atoms with E-state index in [9.17, 15) is 4.79 Å². The van der Waals surface area contributed by atoms with E-state index in [2.05, 4.69) is 41.2 Å². The van der Waals surface area contributed by atoms with Crippen molar-refractivity contribution >= 4 is 5.91 Å². The largest absolute Gasteiger partial charge is 0.487 e. The van der Waals surface area contributed by atoms with Crippen molar-refractivity contribution < 1.29 is 9.53 Å². The van der Waals surface area contributed by atoms with Gasteiger partial charge in [0.05, 0.1) is 13.1 Å². The van der Waals surface area contributed by atoms with Crippen molar-refractivity contribution in [2.45, 2.75) is 32.4 Å². The molecule has 6 heteroatoms. The van der Waals surface area contributed by atoms with Gasteiger partial charge in [0.1, 0.15) is 11.9 Å². The van der Waals surface area contributed by atoms with E-state index in [-0.39, 0.29) is 12.0 Å². The van der Waals surface area contributed by atoms with Gasteiger partial charge < -0.3 is 14.5 Å². The molecule has 25 heavy (non-hydrogen) atoms.